The summed E-state index contributed by atoms with van der Waals surface area (Å²) in [5, 5.41) is 9.29. The van der Waals surface area contributed by atoms with Crippen molar-refractivity contribution >= 4 is 12.0 Å². The Balaban J connectivity index is 1.56. The average Bonchev–Trinajstić information content (AvgIpc) is 3.63. The molecule has 2 heterocycles. The van der Waals surface area contributed by atoms with E-state index in [9.17, 15) is 14.3 Å². The number of aryl methyl sites for hydroxylation is 1. The molecule has 0 unspecified atom stereocenters. The number of pyridine rings is 1. The lowest BCUT2D eigenvalue weighted by Gasteiger charge is -2.16. The molecule has 0 aliphatic heterocycles. The summed E-state index contributed by atoms with van der Waals surface area (Å²) in [6, 6.07) is 9.28. The number of aromatic nitrogens is 3. The molecular weight excluding hydrogens is 433 g/mol. The lowest BCUT2D eigenvalue weighted by molar-refractivity contribution is -0.137. The summed E-state index contributed by atoms with van der Waals surface area (Å²) < 4.78 is 20.5. The minimum Gasteiger partial charge on any atom is -0.487 e. The fraction of sp³-hybridized carbons (Fsp3) is 0.333. The Labute approximate surface area is 198 Å². The van der Waals surface area contributed by atoms with Crippen molar-refractivity contribution < 1.29 is 19.0 Å². The third-order valence-electron chi connectivity index (χ3n) is 5.78. The van der Waals surface area contributed by atoms with E-state index in [1.807, 2.05) is 44.2 Å². The predicted molar refractivity (Wildman–Crippen MR) is 128 cm³/mol. The first-order chi connectivity index (χ1) is 16.3. The van der Waals surface area contributed by atoms with E-state index in [0.29, 0.717) is 40.0 Å². The summed E-state index contributed by atoms with van der Waals surface area (Å²) in [5.41, 5.74) is 4.68. The number of carboxylic acids is 1. The van der Waals surface area contributed by atoms with Crippen LogP contribution in [0.3, 0.4) is 0 Å². The maximum absolute atomic E-state index is 14.5. The SMILES string of the molecule is CC(C)=Cc1nc(COc2cccc([C@@H](CC(=O)O)C3CC3)c2)cnc1-c1cc(C)ncc1F. The zero-order chi connectivity index (χ0) is 24.2. The Bertz CT molecular complexity index is 1230. The third-order valence-corrected chi connectivity index (χ3v) is 5.78. The quantitative estimate of drug-likeness (QED) is 0.423. The van der Waals surface area contributed by atoms with Gasteiger partial charge in [0.25, 0.3) is 0 Å². The summed E-state index contributed by atoms with van der Waals surface area (Å²) in [6.45, 7) is 5.88. The normalized spacial score (nSPS) is 13.9. The van der Waals surface area contributed by atoms with Crippen LogP contribution in [0.1, 0.15) is 61.7 Å². The van der Waals surface area contributed by atoms with Crippen LogP contribution in [0.4, 0.5) is 4.39 Å². The number of ether oxygens (including phenoxy) is 1. The van der Waals surface area contributed by atoms with Crippen LogP contribution in [-0.4, -0.2) is 26.0 Å². The Hall–Kier alpha value is -3.61. The fourth-order valence-electron chi connectivity index (χ4n) is 4.05. The Morgan fingerprint density at radius 1 is 1.24 bits per heavy atom. The second-order valence-corrected chi connectivity index (χ2v) is 9.03. The van der Waals surface area contributed by atoms with E-state index < -0.39 is 11.8 Å². The van der Waals surface area contributed by atoms with Gasteiger partial charge in [-0.2, -0.15) is 0 Å². The van der Waals surface area contributed by atoms with Crippen molar-refractivity contribution in [2.45, 2.75) is 52.6 Å². The molecule has 7 heteroatoms. The number of benzene rings is 1. The molecular formula is C27H28FN3O3. The van der Waals surface area contributed by atoms with Gasteiger partial charge in [0.05, 0.1) is 35.9 Å². The molecule has 34 heavy (non-hydrogen) atoms. The molecule has 0 saturated heterocycles. The lowest BCUT2D eigenvalue weighted by atomic mass is 9.91. The highest BCUT2D eigenvalue weighted by Crippen LogP contribution is 2.45. The van der Waals surface area contributed by atoms with Gasteiger partial charge < -0.3 is 9.84 Å². The van der Waals surface area contributed by atoms with Crippen LogP contribution in [0.25, 0.3) is 17.3 Å². The number of nitrogens with zero attached hydrogens (tertiary/aromatic N) is 3. The summed E-state index contributed by atoms with van der Waals surface area (Å²) in [7, 11) is 0. The highest BCUT2D eigenvalue weighted by Gasteiger charge is 2.33. The van der Waals surface area contributed by atoms with Crippen LogP contribution < -0.4 is 4.74 Å². The minimum atomic E-state index is -0.786. The maximum atomic E-state index is 14.5. The van der Waals surface area contributed by atoms with E-state index in [1.54, 1.807) is 19.2 Å². The Morgan fingerprint density at radius 2 is 2.03 bits per heavy atom. The van der Waals surface area contributed by atoms with Gasteiger partial charge in [-0.25, -0.2) is 9.37 Å². The van der Waals surface area contributed by atoms with Gasteiger partial charge in [0, 0.05) is 11.3 Å². The van der Waals surface area contributed by atoms with E-state index in [1.165, 1.54) is 6.20 Å². The molecule has 1 atom stereocenters. The highest BCUT2D eigenvalue weighted by atomic mass is 19.1. The van der Waals surface area contributed by atoms with Gasteiger partial charge in [-0.1, -0.05) is 17.7 Å². The standard InChI is InChI=1S/C27H28FN3O3/c1-16(2)9-25-27(23-10-17(3)29-14-24(23)28)30-13-20(31-25)15-34-21-6-4-5-19(11-21)22(12-26(32)33)18-7-8-18/h4-6,9-11,13-14,18,22H,7-8,12,15H2,1-3H3,(H,32,33)/t22-/m0/s1. The maximum Gasteiger partial charge on any atom is 0.303 e. The number of aliphatic carboxylic acids is 1. The molecule has 1 fully saturated rings. The highest BCUT2D eigenvalue weighted by molar-refractivity contribution is 5.71. The first-order valence-corrected chi connectivity index (χ1v) is 11.4. The van der Waals surface area contributed by atoms with E-state index in [0.717, 1.165) is 24.0 Å². The zero-order valence-electron chi connectivity index (χ0n) is 19.6. The smallest absolute Gasteiger partial charge is 0.303 e. The number of halogens is 1. The molecule has 0 radical (unpaired) electrons. The van der Waals surface area contributed by atoms with Crippen molar-refractivity contribution in [1.82, 2.24) is 15.0 Å². The first-order valence-electron chi connectivity index (χ1n) is 11.4. The van der Waals surface area contributed by atoms with Crippen LogP contribution in [0, 0.1) is 18.7 Å². The van der Waals surface area contributed by atoms with Crippen LogP contribution in [0.2, 0.25) is 0 Å². The van der Waals surface area contributed by atoms with Gasteiger partial charge in [-0.15, -0.1) is 0 Å². The van der Waals surface area contributed by atoms with Crippen molar-refractivity contribution in [3.8, 4) is 17.0 Å². The number of hydrogen-bond acceptors (Lipinski definition) is 5. The van der Waals surface area contributed by atoms with E-state index >= 15 is 0 Å². The molecule has 4 rings (SSSR count). The van der Waals surface area contributed by atoms with E-state index in [4.69, 9.17) is 4.74 Å². The molecule has 1 aliphatic carbocycles. The van der Waals surface area contributed by atoms with Crippen LogP contribution >= 0.6 is 0 Å². The second-order valence-electron chi connectivity index (χ2n) is 9.03. The van der Waals surface area contributed by atoms with Gasteiger partial charge in [-0.3, -0.25) is 14.8 Å². The number of rotatable bonds is 9. The van der Waals surface area contributed by atoms with Gasteiger partial charge in [0.2, 0.25) is 0 Å². The first kappa shape index (κ1) is 23.5. The minimum absolute atomic E-state index is 0.00288. The molecule has 1 saturated carbocycles. The van der Waals surface area contributed by atoms with Crippen LogP contribution in [0.15, 0.2) is 48.3 Å². The number of hydrogen-bond donors (Lipinski definition) is 1. The molecule has 2 aromatic heterocycles. The number of allylic oxidation sites excluding steroid dienone is 1. The Kier molecular flexibility index (Phi) is 7.01. The zero-order valence-corrected chi connectivity index (χ0v) is 19.6. The summed E-state index contributed by atoms with van der Waals surface area (Å²) in [5.74, 6) is -0.155. The van der Waals surface area contributed by atoms with Gasteiger partial charge in [-0.05, 0) is 75.3 Å². The molecule has 0 spiro atoms. The molecule has 1 aliphatic rings. The lowest BCUT2D eigenvalue weighted by Crippen LogP contribution is -2.09. The second kappa shape index (κ2) is 10.1. The van der Waals surface area contributed by atoms with Gasteiger partial charge >= 0.3 is 5.97 Å². The molecule has 1 aromatic carbocycles. The van der Waals surface area contributed by atoms with Crippen molar-refractivity contribution in [3.05, 3.63) is 76.8 Å². The average molecular weight is 462 g/mol. The van der Waals surface area contributed by atoms with Gasteiger partial charge in [0.15, 0.2) is 5.82 Å². The number of carboxylic acid groups (broad SMARTS) is 1. The summed E-state index contributed by atoms with van der Waals surface area (Å²) >= 11 is 0. The number of carbonyl (C=O) groups is 1. The molecule has 1 N–H and O–H groups in total. The van der Waals surface area contributed by atoms with Crippen LogP contribution in [-0.2, 0) is 11.4 Å². The molecule has 0 amide bonds. The van der Waals surface area contributed by atoms with E-state index in [2.05, 4.69) is 15.0 Å². The summed E-state index contributed by atoms with van der Waals surface area (Å²) in [4.78, 5) is 24.5. The summed E-state index contributed by atoms with van der Waals surface area (Å²) in [6.07, 6.45) is 6.91. The Morgan fingerprint density at radius 3 is 2.74 bits per heavy atom. The third kappa shape index (κ3) is 5.84. The molecule has 0 bridgehead atoms. The van der Waals surface area contributed by atoms with E-state index in [-0.39, 0.29) is 18.9 Å². The monoisotopic (exact) mass is 461 g/mol. The molecule has 6 nitrogen and oxygen atoms in total. The van der Waals surface area contributed by atoms with Crippen LogP contribution in [0.5, 0.6) is 5.75 Å². The van der Waals surface area contributed by atoms with Gasteiger partial charge in [0.1, 0.15) is 12.4 Å². The largest absolute Gasteiger partial charge is 0.487 e. The topological polar surface area (TPSA) is 85.2 Å². The van der Waals surface area contributed by atoms with Crippen molar-refractivity contribution in [2.24, 2.45) is 5.92 Å². The predicted octanol–water partition coefficient (Wildman–Crippen LogP) is 5.96. The van der Waals surface area contributed by atoms with Crippen molar-refractivity contribution in [1.29, 1.82) is 0 Å². The van der Waals surface area contributed by atoms with Crippen molar-refractivity contribution in [2.75, 3.05) is 0 Å². The van der Waals surface area contributed by atoms with Crippen molar-refractivity contribution in [3.63, 3.8) is 0 Å². The molecule has 176 valence electrons. The fourth-order valence-corrected chi connectivity index (χ4v) is 4.05. The molecule has 3 aromatic rings.